The Hall–Kier alpha value is -2.85. The fraction of sp³-hybridized carbons (Fsp3) is 0.429. The van der Waals surface area contributed by atoms with E-state index in [1.165, 1.54) is 17.4 Å². The van der Waals surface area contributed by atoms with E-state index in [4.69, 9.17) is 0 Å². The van der Waals surface area contributed by atoms with E-state index in [1.54, 1.807) is 0 Å². The number of amides is 1. The predicted octanol–water partition coefficient (Wildman–Crippen LogP) is 2.00. The number of carbonyl (C=O) groups excluding carboxylic acids is 2. The molecule has 2 N–H and O–H groups in total. The van der Waals surface area contributed by atoms with Crippen LogP contribution in [0.2, 0.25) is 0 Å². The number of nitrogens with one attached hydrogen (secondary N) is 2. The van der Waals surface area contributed by atoms with Crippen LogP contribution >= 0.6 is 0 Å². The van der Waals surface area contributed by atoms with E-state index < -0.39 is 36.1 Å². The first-order chi connectivity index (χ1) is 11.7. The molecule has 0 aliphatic heterocycles. The molecular weight excluding hydrogens is 347 g/mol. The van der Waals surface area contributed by atoms with Crippen molar-refractivity contribution >= 4 is 23.3 Å². The Labute approximate surface area is 139 Å². The summed E-state index contributed by atoms with van der Waals surface area (Å²) in [7, 11) is 0. The molecule has 0 aromatic heterocycles. The Morgan fingerprint density at radius 3 is 2.56 bits per heavy atom. The Morgan fingerprint density at radius 1 is 1.32 bits per heavy atom. The summed E-state index contributed by atoms with van der Waals surface area (Å²) in [6.45, 7) is -2.47. The van der Waals surface area contributed by atoms with Crippen molar-refractivity contribution in [1.29, 1.82) is 0 Å². The number of hydrogen-bond acceptors (Lipinski definition) is 6. The Balaban J connectivity index is 1.95. The molecule has 0 radical (unpaired) electrons. The van der Waals surface area contributed by atoms with Gasteiger partial charge in [0, 0.05) is 12.1 Å². The van der Waals surface area contributed by atoms with Crippen LogP contribution in [0.25, 0.3) is 0 Å². The van der Waals surface area contributed by atoms with Crippen LogP contribution in [0, 0.1) is 10.1 Å². The van der Waals surface area contributed by atoms with Gasteiger partial charge in [0.05, 0.1) is 10.5 Å². The number of anilines is 1. The molecule has 11 heteroatoms. The van der Waals surface area contributed by atoms with Gasteiger partial charge in [0.2, 0.25) is 0 Å². The van der Waals surface area contributed by atoms with Gasteiger partial charge in [0.15, 0.2) is 6.61 Å². The highest BCUT2D eigenvalue weighted by atomic mass is 19.4. The highest BCUT2D eigenvalue weighted by Crippen LogP contribution is 2.31. The molecule has 1 aliphatic rings. The SMILES string of the molecule is O=C(COC(=O)c1ccc(NC2CC2)c([N+](=O)[O-])c1)NCC(F)(F)F. The molecule has 1 fully saturated rings. The molecule has 2 rings (SSSR count). The second-order valence-corrected chi connectivity index (χ2v) is 5.38. The quantitative estimate of drug-likeness (QED) is 0.437. The number of nitro benzene ring substituents is 1. The van der Waals surface area contributed by atoms with Crippen molar-refractivity contribution in [1.82, 2.24) is 5.32 Å². The number of halogens is 3. The lowest BCUT2D eigenvalue weighted by molar-refractivity contribution is -0.384. The van der Waals surface area contributed by atoms with Crippen LogP contribution in [0.15, 0.2) is 18.2 Å². The lowest BCUT2D eigenvalue weighted by Crippen LogP contribution is -2.36. The molecule has 1 aromatic rings. The number of benzene rings is 1. The summed E-state index contributed by atoms with van der Waals surface area (Å²) in [4.78, 5) is 33.4. The van der Waals surface area contributed by atoms with Gasteiger partial charge in [0.1, 0.15) is 12.2 Å². The average Bonchev–Trinajstić information content (AvgIpc) is 3.34. The van der Waals surface area contributed by atoms with Crippen LogP contribution in [-0.4, -0.2) is 42.2 Å². The van der Waals surface area contributed by atoms with Gasteiger partial charge in [-0.2, -0.15) is 13.2 Å². The molecule has 0 heterocycles. The highest BCUT2D eigenvalue weighted by Gasteiger charge is 2.28. The van der Waals surface area contributed by atoms with Crippen molar-refractivity contribution < 1.29 is 32.4 Å². The molecule has 8 nitrogen and oxygen atoms in total. The van der Waals surface area contributed by atoms with E-state index in [0.717, 1.165) is 18.9 Å². The summed E-state index contributed by atoms with van der Waals surface area (Å²) in [6.07, 6.45) is -2.79. The van der Waals surface area contributed by atoms with Crippen molar-refractivity contribution in [3.63, 3.8) is 0 Å². The summed E-state index contributed by atoms with van der Waals surface area (Å²) in [5, 5.41) is 15.6. The molecule has 0 spiro atoms. The summed E-state index contributed by atoms with van der Waals surface area (Å²) in [5.41, 5.74) is -0.258. The molecule has 136 valence electrons. The number of rotatable bonds is 7. The van der Waals surface area contributed by atoms with Gasteiger partial charge in [-0.05, 0) is 25.0 Å². The van der Waals surface area contributed by atoms with E-state index >= 15 is 0 Å². The van der Waals surface area contributed by atoms with Crippen LogP contribution in [-0.2, 0) is 9.53 Å². The van der Waals surface area contributed by atoms with Gasteiger partial charge in [-0.3, -0.25) is 14.9 Å². The van der Waals surface area contributed by atoms with Crippen molar-refractivity contribution in [2.75, 3.05) is 18.5 Å². The number of esters is 1. The van der Waals surface area contributed by atoms with Gasteiger partial charge in [-0.1, -0.05) is 0 Å². The third-order valence-electron chi connectivity index (χ3n) is 3.19. The molecular formula is C14H14F3N3O5. The summed E-state index contributed by atoms with van der Waals surface area (Å²) >= 11 is 0. The maximum Gasteiger partial charge on any atom is 0.405 e. The van der Waals surface area contributed by atoms with E-state index in [2.05, 4.69) is 10.1 Å². The molecule has 0 bridgehead atoms. The van der Waals surface area contributed by atoms with Crippen molar-refractivity contribution in [3.05, 3.63) is 33.9 Å². The van der Waals surface area contributed by atoms with E-state index in [-0.39, 0.29) is 23.0 Å². The van der Waals surface area contributed by atoms with Gasteiger partial charge in [0.25, 0.3) is 11.6 Å². The Morgan fingerprint density at radius 2 is 2.00 bits per heavy atom. The lowest BCUT2D eigenvalue weighted by Gasteiger charge is -2.09. The number of nitrogens with zero attached hydrogens (tertiary/aromatic N) is 1. The normalized spacial score (nSPS) is 13.9. The second kappa shape index (κ2) is 7.36. The third-order valence-corrected chi connectivity index (χ3v) is 3.19. The van der Waals surface area contributed by atoms with Gasteiger partial charge < -0.3 is 15.4 Å². The number of hydrogen-bond donors (Lipinski definition) is 2. The minimum Gasteiger partial charge on any atom is -0.452 e. The standard InChI is InChI=1S/C14H14F3N3O5/c15-14(16,17)7-18-12(21)6-25-13(22)8-1-4-10(19-9-2-3-9)11(5-8)20(23)24/h1,4-5,9,19H,2-3,6-7H2,(H,18,21). The first-order valence-corrected chi connectivity index (χ1v) is 7.21. The van der Waals surface area contributed by atoms with Gasteiger partial charge >= 0.3 is 12.1 Å². The van der Waals surface area contributed by atoms with Crippen molar-refractivity contribution in [2.24, 2.45) is 0 Å². The monoisotopic (exact) mass is 361 g/mol. The topological polar surface area (TPSA) is 111 Å². The zero-order chi connectivity index (χ0) is 18.6. The largest absolute Gasteiger partial charge is 0.452 e. The maximum absolute atomic E-state index is 11.9. The first-order valence-electron chi connectivity index (χ1n) is 7.21. The first kappa shape index (κ1) is 18.5. The molecule has 1 saturated carbocycles. The maximum atomic E-state index is 11.9. The summed E-state index contributed by atoms with van der Waals surface area (Å²) in [6, 6.07) is 3.76. The third kappa shape index (κ3) is 5.94. The van der Waals surface area contributed by atoms with E-state index in [0.29, 0.717) is 0 Å². The van der Waals surface area contributed by atoms with Crippen LogP contribution in [0.3, 0.4) is 0 Å². The fourth-order valence-electron chi connectivity index (χ4n) is 1.84. The predicted molar refractivity (Wildman–Crippen MR) is 79.1 cm³/mol. The highest BCUT2D eigenvalue weighted by molar-refractivity contribution is 5.93. The zero-order valence-electron chi connectivity index (χ0n) is 12.8. The number of alkyl halides is 3. The average molecular weight is 361 g/mol. The van der Waals surface area contributed by atoms with Crippen LogP contribution in [0.5, 0.6) is 0 Å². The minimum atomic E-state index is -4.58. The smallest absolute Gasteiger partial charge is 0.405 e. The lowest BCUT2D eigenvalue weighted by atomic mass is 10.1. The molecule has 0 saturated heterocycles. The van der Waals surface area contributed by atoms with Crippen molar-refractivity contribution in [3.8, 4) is 0 Å². The van der Waals surface area contributed by atoms with Crippen molar-refractivity contribution in [2.45, 2.75) is 25.1 Å². The number of ether oxygens (including phenoxy) is 1. The second-order valence-electron chi connectivity index (χ2n) is 5.38. The van der Waals surface area contributed by atoms with Crippen LogP contribution in [0.1, 0.15) is 23.2 Å². The zero-order valence-corrected chi connectivity index (χ0v) is 12.8. The number of carbonyl (C=O) groups is 2. The molecule has 1 aliphatic carbocycles. The van der Waals surface area contributed by atoms with Crippen LogP contribution in [0.4, 0.5) is 24.5 Å². The number of nitro groups is 1. The van der Waals surface area contributed by atoms with E-state index in [9.17, 15) is 32.9 Å². The molecule has 25 heavy (non-hydrogen) atoms. The Kier molecular flexibility index (Phi) is 5.45. The van der Waals surface area contributed by atoms with Gasteiger partial charge in [-0.25, -0.2) is 4.79 Å². The summed E-state index contributed by atoms with van der Waals surface area (Å²) < 4.78 is 40.4. The Bertz CT molecular complexity index is 689. The summed E-state index contributed by atoms with van der Waals surface area (Å²) in [5.74, 6) is -2.18. The molecule has 0 unspecified atom stereocenters. The van der Waals surface area contributed by atoms with Gasteiger partial charge in [-0.15, -0.1) is 0 Å². The van der Waals surface area contributed by atoms with Crippen LogP contribution < -0.4 is 10.6 Å². The van der Waals surface area contributed by atoms with E-state index in [1.807, 2.05) is 0 Å². The molecule has 0 atom stereocenters. The molecule has 1 amide bonds. The molecule has 1 aromatic carbocycles. The minimum absolute atomic E-state index is 0.161. The fourth-order valence-corrected chi connectivity index (χ4v) is 1.84.